The molecule has 2 heterocycles. The van der Waals surface area contributed by atoms with Gasteiger partial charge in [0.25, 0.3) is 5.91 Å². The normalized spacial score (nSPS) is 14.7. The quantitative estimate of drug-likeness (QED) is 0.629. The summed E-state index contributed by atoms with van der Waals surface area (Å²) in [6.07, 6.45) is 0. The molecule has 0 bridgehead atoms. The van der Waals surface area contributed by atoms with Crippen LogP contribution in [0.2, 0.25) is 0 Å². The van der Waals surface area contributed by atoms with E-state index in [9.17, 15) is 9.18 Å². The third-order valence-electron chi connectivity index (χ3n) is 4.78. The molecule has 0 spiro atoms. The molecule has 0 aliphatic carbocycles. The Morgan fingerprint density at radius 3 is 2.59 bits per heavy atom. The van der Waals surface area contributed by atoms with Gasteiger partial charge in [-0.05, 0) is 40.8 Å². The number of piperazine rings is 1. The Bertz CT molecular complexity index is 956. The summed E-state index contributed by atoms with van der Waals surface area (Å²) in [6, 6.07) is 15.4. The van der Waals surface area contributed by atoms with Crippen molar-refractivity contribution in [2.45, 2.75) is 6.54 Å². The van der Waals surface area contributed by atoms with Crippen molar-refractivity contribution in [3.05, 3.63) is 66.2 Å². The van der Waals surface area contributed by atoms with Gasteiger partial charge < -0.3 is 9.64 Å². The Hall–Kier alpha value is -3.33. The van der Waals surface area contributed by atoms with E-state index in [1.807, 2.05) is 30.3 Å². The number of para-hydroxylation sites is 1. The third kappa shape index (κ3) is 4.75. The van der Waals surface area contributed by atoms with Gasteiger partial charge in [-0.1, -0.05) is 24.3 Å². The number of ether oxygens (including phenoxy) is 1. The number of hydrogen-bond donors (Lipinski definition) is 0. The average Bonchev–Trinajstić information content (AvgIpc) is 3.21. The fourth-order valence-electron chi connectivity index (χ4n) is 3.22. The Morgan fingerprint density at radius 1 is 1.03 bits per heavy atom. The third-order valence-corrected chi connectivity index (χ3v) is 4.78. The van der Waals surface area contributed by atoms with Crippen LogP contribution in [0, 0.1) is 5.82 Å². The van der Waals surface area contributed by atoms with E-state index in [2.05, 4.69) is 20.4 Å². The summed E-state index contributed by atoms with van der Waals surface area (Å²) >= 11 is 0. The number of rotatable bonds is 6. The van der Waals surface area contributed by atoms with Crippen molar-refractivity contribution in [2.75, 3.05) is 32.8 Å². The lowest BCUT2D eigenvalue weighted by Crippen LogP contribution is -2.49. The van der Waals surface area contributed by atoms with Crippen LogP contribution in [0.1, 0.15) is 5.82 Å². The molecule has 0 saturated carbocycles. The lowest BCUT2D eigenvalue weighted by Gasteiger charge is -2.34. The predicted molar refractivity (Wildman–Crippen MR) is 103 cm³/mol. The topological polar surface area (TPSA) is 76.4 Å². The molecular weight excluding hydrogens is 375 g/mol. The minimum absolute atomic E-state index is 0.0295. The Kier molecular flexibility index (Phi) is 5.76. The zero-order valence-electron chi connectivity index (χ0n) is 15.8. The fraction of sp³-hybridized carbons (Fsp3) is 0.300. The largest absolute Gasteiger partial charge is 0.484 e. The smallest absolute Gasteiger partial charge is 0.260 e. The predicted octanol–water partition coefficient (Wildman–Crippen LogP) is 1.52. The average molecular weight is 396 g/mol. The van der Waals surface area contributed by atoms with Crippen LogP contribution in [0.3, 0.4) is 0 Å². The second-order valence-corrected chi connectivity index (χ2v) is 6.75. The minimum atomic E-state index is -0.339. The summed E-state index contributed by atoms with van der Waals surface area (Å²) in [5, 5.41) is 11.8. The number of nitrogens with zero attached hydrogens (tertiary/aromatic N) is 6. The number of carbonyl (C=O) groups is 1. The van der Waals surface area contributed by atoms with Gasteiger partial charge in [0.1, 0.15) is 11.6 Å². The molecule has 150 valence electrons. The maximum Gasteiger partial charge on any atom is 0.260 e. The highest BCUT2D eigenvalue weighted by Gasteiger charge is 2.23. The molecule has 1 fully saturated rings. The standard InChI is InChI=1S/C20H21FN6O2/c21-16-5-4-6-17(13-16)27-19(22-23-24-27)14-25-9-11-26(12-10-25)20(28)15-29-18-7-2-1-3-8-18/h1-8,13H,9-12,14-15H2. The summed E-state index contributed by atoms with van der Waals surface area (Å²) in [7, 11) is 0. The molecule has 2 aromatic carbocycles. The molecule has 9 heteroatoms. The summed E-state index contributed by atoms with van der Waals surface area (Å²) in [5.41, 5.74) is 0.580. The molecule has 1 aliphatic rings. The van der Waals surface area contributed by atoms with E-state index in [0.717, 1.165) is 0 Å². The SMILES string of the molecule is O=C(COc1ccccc1)N1CCN(Cc2nnnn2-c2cccc(F)c2)CC1. The van der Waals surface area contributed by atoms with E-state index < -0.39 is 0 Å². The highest BCUT2D eigenvalue weighted by molar-refractivity contribution is 5.77. The van der Waals surface area contributed by atoms with Crippen LogP contribution in [-0.4, -0.2) is 68.7 Å². The molecule has 0 atom stereocenters. The van der Waals surface area contributed by atoms with Crippen LogP contribution < -0.4 is 4.74 Å². The molecule has 1 amide bonds. The van der Waals surface area contributed by atoms with E-state index in [1.165, 1.54) is 16.8 Å². The molecule has 1 aromatic heterocycles. The number of halogens is 1. The van der Waals surface area contributed by atoms with Crippen LogP contribution in [-0.2, 0) is 11.3 Å². The zero-order chi connectivity index (χ0) is 20.1. The van der Waals surface area contributed by atoms with E-state index in [4.69, 9.17) is 4.74 Å². The lowest BCUT2D eigenvalue weighted by atomic mass is 10.3. The summed E-state index contributed by atoms with van der Waals surface area (Å²) < 4.78 is 20.6. The number of tetrazole rings is 1. The molecule has 1 aliphatic heterocycles. The molecule has 29 heavy (non-hydrogen) atoms. The van der Waals surface area contributed by atoms with Crippen molar-refractivity contribution in [1.29, 1.82) is 0 Å². The van der Waals surface area contributed by atoms with Crippen LogP contribution >= 0.6 is 0 Å². The maximum absolute atomic E-state index is 13.5. The van der Waals surface area contributed by atoms with Gasteiger partial charge in [0, 0.05) is 26.2 Å². The minimum Gasteiger partial charge on any atom is -0.484 e. The van der Waals surface area contributed by atoms with E-state index in [1.54, 1.807) is 17.0 Å². The first kappa shape index (κ1) is 19.0. The maximum atomic E-state index is 13.5. The zero-order valence-corrected chi connectivity index (χ0v) is 15.8. The first-order chi connectivity index (χ1) is 14.2. The Balaban J connectivity index is 1.29. The molecule has 1 saturated heterocycles. The van der Waals surface area contributed by atoms with E-state index in [0.29, 0.717) is 50.0 Å². The first-order valence-electron chi connectivity index (χ1n) is 9.40. The van der Waals surface area contributed by atoms with Gasteiger partial charge in [-0.15, -0.1) is 5.10 Å². The molecule has 3 aromatic rings. The van der Waals surface area contributed by atoms with Crippen molar-refractivity contribution in [3.63, 3.8) is 0 Å². The summed E-state index contributed by atoms with van der Waals surface area (Å²) in [4.78, 5) is 16.3. The number of benzene rings is 2. The van der Waals surface area contributed by atoms with Gasteiger partial charge in [-0.2, -0.15) is 4.68 Å². The van der Waals surface area contributed by atoms with Crippen molar-refractivity contribution in [1.82, 2.24) is 30.0 Å². The van der Waals surface area contributed by atoms with Crippen molar-refractivity contribution in [2.24, 2.45) is 0 Å². The molecule has 0 unspecified atom stereocenters. The van der Waals surface area contributed by atoms with Crippen LogP contribution in [0.15, 0.2) is 54.6 Å². The number of amides is 1. The Labute approximate surface area is 167 Å². The number of aromatic nitrogens is 4. The van der Waals surface area contributed by atoms with Gasteiger partial charge >= 0.3 is 0 Å². The van der Waals surface area contributed by atoms with E-state index >= 15 is 0 Å². The van der Waals surface area contributed by atoms with Gasteiger partial charge in [0.15, 0.2) is 12.4 Å². The molecule has 0 N–H and O–H groups in total. The molecule has 4 rings (SSSR count). The number of hydrogen-bond acceptors (Lipinski definition) is 6. The van der Waals surface area contributed by atoms with Crippen LogP contribution in [0.5, 0.6) is 5.75 Å². The first-order valence-corrected chi connectivity index (χ1v) is 9.40. The van der Waals surface area contributed by atoms with Crippen molar-refractivity contribution in [3.8, 4) is 11.4 Å². The van der Waals surface area contributed by atoms with E-state index in [-0.39, 0.29) is 18.3 Å². The van der Waals surface area contributed by atoms with Crippen LogP contribution in [0.4, 0.5) is 4.39 Å². The monoisotopic (exact) mass is 396 g/mol. The van der Waals surface area contributed by atoms with Crippen LogP contribution in [0.25, 0.3) is 5.69 Å². The van der Waals surface area contributed by atoms with Crippen molar-refractivity contribution < 1.29 is 13.9 Å². The molecule has 8 nitrogen and oxygen atoms in total. The van der Waals surface area contributed by atoms with Gasteiger partial charge in [0.2, 0.25) is 0 Å². The highest BCUT2D eigenvalue weighted by atomic mass is 19.1. The highest BCUT2D eigenvalue weighted by Crippen LogP contribution is 2.13. The molecular formula is C20H21FN6O2. The Morgan fingerprint density at radius 2 is 1.83 bits per heavy atom. The summed E-state index contributed by atoms with van der Waals surface area (Å²) in [6.45, 7) is 3.17. The second-order valence-electron chi connectivity index (χ2n) is 6.75. The van der Waals surface area contributed by atoms with Crippen molar-refractivity contribution >= 4 is 5.91 Å². The second kappa shape index (κ2) is 8.78. The van der Waals surface area contributed by atoms with Gasteiger partial charge in [-0.25, -0.2) is 4.39 Å². The fourth-order valence-corrected chi connectivity index (χ4v) is 3.22. The van der Waals surface area contributed by atoms with Gasteiger partial charge in [0.05, 0.1) is 12.2 Å². The lowest BCUT2D eigenvalue weighted by molar-refractivity contribution is -0.135. The number of carbonyl (C=O) groups excluding carboxylic acids is 1. The molecule has 0 radical (unpaired) electrons. The van der Waals surface area contributed by atoms with Gasteiger partial charge in [-0.3, -0.25) is 9.69 Å². The summed E-state index contributed by atoms with van der Waals surface area (Å²) in [5.74, 6) is 0.943.